The molecule has 4 aromatic rings. The van der Waals surface area contributed by atoms with Crippen LogP contribution in [0.1, 0.15) is 21.5 Å². The number of carbonyl (C=O) groups excluding carboxylic acids is 1. The molecular formula is C24H22N4O6. The Bertz CT molecular complexity index is 1420. The first-order valence-corrected chi connectivity index (χ1v) is 10.2. The summed E-state index contributed by atoms with van der Waals surface area (Å²) in [4.78, 5) is 35.8. The highest BCUT2D eigenvalue weighted by molar-refractivity contribution is 5.93. The Morgan fingerprint density at radius 1 is 1.06 bits per heavy atom. The zero-order valence-corrected chi connectivity index (χ0v) is 18.9. The summed E-state index contributed by atoms with van der Waals surface area (Å²) in [7, 11) is 3.01. The number of H-pyrrole nitrogens is 1. The predicted molar refractivity (Wildman–Crippen MR) is 124 cm³/mol. The van der Waals surface area contributed by atoms with E-state index in [1.165, 1.54) is 32.5 Å². The molecule has 10 nitrogen and oxygen atoms in total. The largest absolute Gasteiger partial charge is 0.497 e. The van der Waals surface area contributed by atoms with E-state index in [9.17, 15) is 9.59 Å². The lowest BCUT2D eigenvalue weighted by molar-refractivity contribution is 0.0706. The lowest BCUT2D eigenvalue weighted by Crippen LogP contribution is -2.18. The number of pyridine rings is 1. The molecule has 1 amide bonds. The third-order valence-corrected chi connectivity index (χ3v) is 5.24. The van der Waals surface area contributed by atoms with E-state index in [0.717, 1.165) is 11.1 Å². The van der Waals surface area contributed by atoms with E-state index in [-0.39, 0.29) is 17.0 Å². The summed E-state index contributed by atoms with van der Waals surface area (Å²) in [5.41, 5.74) is 4.15. The van der Waals surface area contributed by atoms with Crippen molar-refractivity contribution in [1.82, 2.24) is 20.4 Å². The second kappa shape index (κ2) is 9.20. The van der Waals surface area contributed by atoms with Gasteiger partial charge in [0.25, 0.3) is 11.5 Å². The van der Waals surface area contributed by atoms with Gasteiger partial charge in [-0.1, -0.05) is 0 Å². The number of nitrogens with one attached hydrogen (secondary N) is 2. The van der Waals surface area contributed by atoms with Crippen molar-refractivity contribution in [3.05, 3.63) is 69.6 Å². The maximum absolute atomic E-state index is 12.8. The quantitative estimate of drug-likeness (QED) is 0.292. The van der Waals surface area contributed by atoms with E-state index in [1.807, 2.05) is 26.0 Å². The van der Waals surface area contributed by atoms with E-state index in [4.69, 9.17) is 19.4 Å². The van der Waals surface area contributed by atoms with Crippen molar-refractivity contribution in [2.75, 3.05) is 14.2 Å². The molecule has 0 bridgehead atoms. The Balaban J connectivity index is 1.71. The van der Waals surface area contributed by atoms with E-state index >= 15 is 0 Å². The fraction of sp³-hybridized carbons (Fsp3) is 0.167. The van der Waals surface area contributed by atoms with Crippen molar-refractivity contribution in [3.8, 4) is 34.5 Å². The molecule has 0 atom stereocenters. The standard InChI is InChI=1S/C24H22N4O6/c1-12-7-15(8-13(2)21(12)34-19-6-5-14(11-25-19)23(29)28-31)22-26-17-9-16(32-3)10-18(33-4)20(17)24(30)27-22/h5-11,31H,1-4H3,(H,28,29)(H,26,27,30). The Labute approximate surface area is 194 Å². The Morgan fingerprint density at radius 3 is 2.38 bits per heavy atom. The molecular weight excluding hydrogens is 440 g/mol. The number of aromatic nitrogens is 3. The van der Waals surface area contributed by atoms with Gasteiger partial charge in [-0.3, -0.25) is 14.8 Å². The molecule has 0 aliphatic carbocycles. The Kier molecular flexibility index (Phi) is 6.15. The Hall–Kier alpha value is -4.44. The normalized spacial score (nSPS) is 10.7. The summed E-state index contributed by atoms with van der Waals surface area (Å²) >= 11 is 0. The molecule has 0 spiro atoms. The van der Waals surface area contributed by atoms with E-state index in [0.29, 0.717) is 39.5 Å². The number of aryl methyl sites for hydroxylation is 2. The molecule has 34 heavy (non-hydrogen) atoms. The van der Waals surface area contributed by atoms with Crippen LogP contribution in [0.25, 0.3) is 22.3 Å². The van der Waals surface area contributed by atoms with Gasteiger partial charge in [-0.15, -0.1) is 0 Å². The number of fused-ring (bicyclic) bond motifs is 1. The van der Waals surface area contributed by atoms with Gasteiger partial charge in [0.15, 0.2) is 0 Å². The van der Waals surface area contributed by atoms with Crippen LogP contribution in [0.15, 0.2) is 47.4 Å². The third kappa shape index (κ3) is 4.26. The number of carbonyl (C=O) groups is 1. The van der Waals surface area contributed by atoms with Crippen molar-refractivity contribution in [3.63, 3.8) is 0 Å². The topological polar surface area (TPSA) is 136 Å². The summed E-state index contributed by atoms with van der Waals surface area (Å²) in [6.07, 6.45) is 1.30. The number of amides is 1. The van der Waals surface area contributed by atoms with Crippen molar-refractivity contribution < 1.29 is 24.2 Å². The molecule has 0 aliphatic heterocycles. The van der Waals surface area contributed by atoms with E-state index in [2.05, 4.69) is 15.0 Å². The first-order valence-electron chi connectivity index (χ1n) is 10.2. The number of hydroxylamine groups is 1. The smallest absolute Gasteiger partial charge is 0.276 e. The number of aromatic amines is 1. The van der Waals surface area contributed by atoms with Crippen LogP contribution in [-0.2, 0) is 0 Å². The highest BCUT2D eigenvalue weighted by Gasteiger charge is 2.16. The monoisotopic (exact) mass is 462 g/mol. The molecule has 0 aliphatic rings. The van der Waals surface area contributed by atoms with Gasteiger partial charge in [0, 0.05) is 30.0 Å². The second-order valence-electron chi connectivity index (χ2n) is 7.51. The Morgan fingerprint density at radius 2 is 1.79 bits per heavy atom. The van der Waals surface area contributed by atoms with Crippen molar-refractivity contribution in [1.29, 1.82) is 0 Å². The molecule has 4 rings (SSSR count). The van der Waals surface area contributed by atoms with Gasteiger partial charge in [0.1, 0.15) is 28.5 Å². The number of nitrogens with zero attached hydrogens (tertiary/aromatic N) is 2. The number of methoxy groups -OCH3 is 2. The molecule has 0 unspecified atom stereocenters. The summed E-state index contributed by atoms with van der Waals surface area (Å²) in [6.45, 7) is 3.73. The summed E-state index contributed by atoms with van der Waals surface area (Å²) < 4.78 is 16.6. The van der Waals surface area contributed by atoms with Crippen molar-refractivity contribution in [2.45, 2.75) is 13.8 Å². The van der Waals surface area contributed by atoms with Crippen LogP contribution in [0.3, 0.4) is 0 Å². The van der Waals surface area contributed by atoms with Gasteiger partial charge in [-0.05, 0) is 43.2 Å². The van der Waals surface area contributed by atoms with Gasteiger partial charge in [0.05, 0.1) is 25.3 Å². The van der Waals surface area contributed by atoms with Crippen molar-refractivity contribution in [2.24, 2.45) is 0 Å². The van der Waals surface area contributed by atoms with Crippen LogP contribution in [0.2, 0.25) is 0 Å². The molecule has 0 saturated carbocycles. The van der Waals surface area contributed by atoms with Gasteiger partial charge in [-0.25, -0.2) is 15.4 Å². The number of hydrogen-bond donors (Lipinski definition) is 3. The summed E-state index contributed by atoms with van der Waals surface area (Å²) in [5, 5.41) is 9.05. The van der Waals surface area contributed by atoms with Crippen LogP contribution in [0.5, 0.6) is 23.1 Å². The fourth-order valence-corrected chi connectivity index (χ4v) is 3.62. The SMILES string of the molecule is COc1cc(OC)c2c(=O)[nH]c(-c3cc(C)c(Oc4ccc(C(=O)NO)cn4)c(C)c3)nc2c1. The molecule has 174 valence electrons. The zero-order valence-electron chi connectivity index (χ0n) is 18.9. The van der Waals surface area contributed by atoms with Crippen LogP contribution in [-0.4, -0.2) is 40.3 Å². The zero-order chi connectivity index (χ0) is 24.4. The highest BCUT2D eigenvalue weighted by Crippen LogP contribution is 2.33. The van der Waals surface area contributed by atoms with E-state index in [1.54, 1.807) is 17.6 Å². The fourth-order valence-electron chi connectivity index (χ4n) is 3.62. The minimum absolute atomic E-state index is 0.193. The lowest BCUT2D eigenvalue weighted by atomic mass is 10.0. The summed E-state index contributed by atoms with van der Waals surface area (Å²) in [5.74, 6) is 1.50. The molecule has 0 saturated heterocycles. The van der Waals surface area contributed by atoms with Gasteiger partial charge >= 0.3 is 0 Å². The molecule has 2 heterocycles. The molecule has 2 aromatic carbocycles. The van der Waals surface area contributed by atoms with Crippen LogP contribution in [0, 0.1) is 13.8 Å². The third-order valence-electron chi connectivity index (χ3n) is 5.24. The first-order chi connectivity index (χ1) is 16.3. The second-order valence-corrected chi connectivity index (χ2v) is 7.51. The lowest BCUT2D eigenvalue weighted by Gasteiger charge is -2.14. The molecule has 2 aromatic heterocycles. The maximum atomic E-state index is 12.8. The molecule has 0 fully saturated rings. The number of benzene rings is 2. The minimum Gasteiger partial charge on any atom is -0.497 e. The number of hydrogen-bond acceptors (Lipinski definition) is 8. The highest BCUT2D eigenvalue weighted by atomic mass is 16.5. The van der Waals surface area contributed by atoms with Gasteiger partial charge in [-0.2, -0.15) is 0 Å². The van der Waals surface area contributed by atoms with Crippen molar-refractivity contribution >= 4 is 16.8 Å². The van der Waals surface area contributed by atoms with Crippen LogP contribution < -0.4 is 25.2 Å². The minimum atomic E-state index is -0.664. The molecule has 3 N–H and O–H groups in total. The summed E-state index contributed by atoms with van der Waals surface area (Å²) in [6, 6.07) is 10.0. The van der Waals surface area contributed by atoms with Gasteiger partial charge in [0.2, 0.25) is 5.88 Å². The average molecular weight is 462 g/mol. The van der Waals surface area contributed by atoms with Crippen LogP contribution >= 0.6 is 0 Å². The van der Waals surface area contributed by atoms with E-state index < -0.39 is 5.91 Å². The molecule has 10 heteroatoms. The van der Waals surface area contributed by atoms with Gasteiger partial charge < -0.3 is 19.2 Å². The van der Waals surface area contributed by atoms with Crippen LogP contribution in [0.4, 0.5) is 0 Å². The maximum Gasteiger partial charge on any atom is 0.276 e. The average Bonchev–Trinajstić information content (AvgIpc) is 2.84. The number of ether oxygens (including phenoxy) is 3. The molecule has 0 radical (unpaired) electrons. The first kappa shape index (κ1) is 22.7. The predicted octanol–water partition coefficient (Wildman–Crippen LogP) is 3.53. The number of rotatable bonds is 6.